The van der Waals surface area contributed by atoms with E-state index < -0.39 is 0 Å². The summed E-state index contributed by atoms with van der Waals surface area (Å²) in [6, 6.07) is 12.7. The number of aromatic amines is 1. The lowest BCUT2D eigenvalue weighted by atomic mass is 10.0. The van der Waals surface area contributed by atoms with Gasteiger partial charge < -0.3 is 4.98 Å². The third-order valence-corrected chi connectivity index (χ3v) is 4.33. The second-order valence-electron chi connectivity index (χ2n) is 4.47. The molecule has 1 N–H and O–H groups in total. The molecule has 3 rings (SSSR count). The van der Waals surface area contributed by atoms with Gasteiger partial charge in [-0.2, -0.15) is 0 Å². The van der Waals surface area contributed by atoms with Crippen molar-refractivity contribution in [2.75, 3.05) is 0 Å². The highest BCUT2D eigenvalue weighted by molar-refractivity contribution is 9.10. The Bertz CT molecular complexity index is 942. The van der Waals surface area contributed by atoms with Gasteiger partial charge in [-0.3, -0.25) is 4.79 Å². The average Bonchev–Trinajstić information content (AvgIpc) is 2.48. The first-order valence-corrected chi connectivity index (χ1v) is 7.27. The number of nitrogens with zero attached hydrogens (tertiary/aromatic N) is 1. The maximum absolute atomic E-state index is 12.3. The number of H-pyrrole nitrogens is 1. The fourth-order valence-electron chi connectivity index (χ4n) is 2.21. The Morgan fingerprint density at radius 2 is 1.90 bits per heavy atom. The summed E-state index contributed by atoms with van der Waals surface area (Å²) in [5, 5.41) is 1.08. The monoisotopic (exact) mass is 358 g/mol. The van der Waals surface area contributed by atoms with Crippen molar-refractivity contribution in [1.82, 2.24) is 4.98 Å². The number of halogens is 2. The van der Waals surface area contributed by atoms with Crippen LogP contribution in [0.4, 0.5) is 5.69 Å². The molecule has 0 bridgehead atoms. The molecule has 0 radical (unpaired) electrons. The van der Waals surface area contributed by atoms with Gasteiger partial charge in [-0.25, -0.2) is 4.85 Å². The van der Waals surface area contributed by atoms with Crippen LogP contribution in [0.2, 0.25) is 5.02 Å². The summed E-state index contributed by atoms with van der Waals surface area (Å²) in [5.41, 5.74) is 2.11. The summed E-state index contributed by atoms with van der Waals surface area (Å²) in [6.07, 6.45) is 0. The number of pyridine rings is 1. The quantitative estimate of drug-likeness (QED) is 0.599. The first-order chi connectivity index (χ1) is 10.1. The predicted molar refractivity (Wildman–Crippen MR) is 89.0 cm³/mol. The van der Waals surface area contributed by atoms with Crippen molar-refractivity contribution in [3.05, 3.63) is 73.7 Å². The number of benzene rings is 2. The molecular weight excluding hydrogens is 352 g/mol. The van der Waals surface area contributed by atoms with Crippen LogP contribution in [-0.4, -0.2) is 4.98 Å². The Morgan fingerprint density at radius 1 is 1.19 bits per heavy atom. The van der Waals surface area contributed by atoms with Gasteiger partial charge >= 0.3 is 0 Å². The molecular formula is C16H8BrClN2O. The van der Waals surface area contributed by atoms with Crippen molar-refractivity contribution in [2.24, 2.45) is 0 Å². The summed E-state index contributed by atoms with van der Waals surface area (Å²) in [5.74, 6) is 0. The van der Waals surface area contributed by atoms with Crippen LogP contribution in [0.5, 0.6) is 0 Å². The highest BCUT2D eigenvalue weighted by Crippen LogP contribution is 2.36. The zero-order chi connectivity index (χ0) is 15.0. The molecule has 0 aliphatic carbocycles. The molecule has 1 aromatic heterocycles. The van der Waals surface area contributed by atoms with E-state index in [9.17, 15) is 4.79 Å². The average molecular weight is 360 g/mol. The number of aromatic nitrogens is 1. The number of fused-ring (bicyclic) bond motifs is 1. The van der Waals surface area contributed by atoms with Crippen LogP contribution >= 0.6 is 27.5 Å². The lowest BCUT2D eigenvalue weighted by Gasteiger charge is -2.09. The van der Waals surface area contributed by atoms with Crippen LogP contribution in [0, 0.1) is 6.57 Å². The zero-order valence-corrected chi connectivity index (χ0v) is 13.0. The van der Waals surface area contributed by atoms with Gasteiger partial charge in [-0.1, -0.05) is 41.9 Å². The second kappa shape index (κ2) is 5.36. The van der Waals surface area contributed by atoms with Gasteiger partial charge in [-0.05, 0) is 33.6 Å². The molecule has 3 nitrogen and oxygen atoms in total. The van der Waals surface area contributed by atoms with E-state index in [2.05, 4.69) is 25.8 Å². The highest BCUT2D eigenvalue weighted by Gasteiger charge is 2.14. The van der Waals surface area contributed by atoms with Gasteiger partial charge in [0.25, 0.3) is 5.56 Å². The Balaban J connectivity index is 2.41. The standard InChI is InChI=1S/C16H8BrClN2O/c1-19-13-7-10-12(8-11(13)18)20-16(21)14(15(10)17)9-5-3-2-4-6-9/h2-8H,(H,20,21). The second-order valence-corrected chi connectivity index (χ2v) is 5.67. The lowest BCUT2D eigenvalue weighted by Crippen LogP contribution is -2.10. The predicted octanol–water partition coefficient (Wildman–Crippen LogP) is 5.16. The van der Waals surface area contributed by atoms with Gasteiger partial charge in [-0.15, -0.1) is 0 Å². The first-order valence-electron chi connectivity index (χ1n) is 6.09. The number of rotatable bonds is 1. The topological polar surface area (TPSA) is 37.2 Å². The van der Waals surface area contributed by atoms with Gasteiger partial charge in [0.1, 0.15) is 0 Å². The summed E-state index contributed by atoms with van der Waals surface area (Å²) in [7, 11) is 0. The van der Waals surface area contributed by atoms with E-state index in [0.717, 1.165) is 10.9 Å². The molecule has 0 amide bonds. The molecule has 0 atom stereocenters. The molecule has 0 unspecified atom stereocenters. The van der Waals surface area contributed by atoms with Crippen molar-refractivity contribution in [1.29, 1.82) is 0 Å². The largest absolute Gasteiger partial charge is 0.321 e. The fourth-order valence-corrected chi connectivity index (χ4v) is 3.16. The molecule has 21 heavy (non-hydrogen) atoms. The summed E-state index contributed by atoms with van der Waals surface area (Å²) in [6.45, 7) is 7.14. The third-order valence-electron chi connectivity index (χ3n) is 3.20. The minimum Gasteiger partial charge on any atom is -0.321 e. The minimum absolute atomic E-state index is 0.202. The molecule has 0 fully saturated rings. The van der Waals surface area contributed by atoms with E-state index in [1.165, 1.54) is 0 Å². The van der Waals surface area contributed by atoms with Crippen molar-refractivity contribution in [3.63, 3.8) is 0 Å². The van der Waals surface area contributed by atoms with Crippen molar-refractivity contribution in [3.8, 4) is 11.1 Å². The molecule has 5 heteroatoms. The van der Waals surface area contributed by atoms with Gasteiger partial charge in [0.15, 0.2) is 0 Å². The summed E-state index contributed by atoms with van der Waals surface area (Å²) in [4.78, 5) is 18.5. The normalized spacial score (nSPS) is 10.5. The molecule has 0 saturated carbocycles. The smallest absolute Gasteiger partial charge is 0.257 e. The van der Waals surface area contributed by atoms with E-state index in [-0.39, 0.29) is 5.56 Å². The maximum Gasteiger partial charge on any atom is 0.257 e. The molecule has 0 aliphatic rings. The van der Waals surface area contributed by atoms with Gasteiger partial charge in [0.05, 0.1) is 12.1 Å². The fraction of sp³-hybridized carbons (Fsp3) is 0. The molecule has 1 heterocycles. The summed E-state index contributed by atoms with van der Waals surface area (Å²) < 4.78 is 0.661. The zero-order valence-electron chi connectivity index (χ0n) is 10.7. The van der Waals surface area contributed by atoms with Crippen LogP contribution in [0.25, 0.3) is 26.9 Å². The first kappa shape index (κ1) is 13.9. The van der Waals surface area contributed by atoms with E-state index >= 15 is 0 Å². The molecule has 0 saturated heterocycles. The van der Waals surface area contributed by atoms with Crippen LogP contribution in [0.3, 0.4) is 0 Å². The molecule has 3 aromatic rings. The number of nitrogens with one attached hydrogen (secondary N) is 1. The van der Waals surface area contributed by atoms with Crippen LogP contribution in [-0.2, 0) is 0 Å². The molecule has 102 valence electrons. The van der Waals surface area contributed by atoms with Gasteiger partial charge in [0, 0.05) is 20.4 Å². The van der Waals surface area contributed by atoms with Crippen LogP contribution < -0.4 is 5.56 Å². The van der Waals surface area contributed by atoms with E-state index in [1.54, 1.807) is 12.1 Å². The van der Waals surface area contributed by atoms with Crippen molar-refractivity contribution >= 4 is 44.1 Å². The maximum atomic E-state index is 12.3. The number of hydrogen-bond acceptors (Lipinski definition) is 1. The van der Waals surface area contributed by atoms with E-state index in [0.29, 0.717) is 26.3 Å². The van der Waals surface area contributed by atoms with Crippen LogP contribution in [0.1, 0.15) is 0 Å². The summed E-state index contributed by atoms with van der Waals surface area (Å²) >= 11 is 9.51. The Hall–Kier alpha value is -2.09. The highest BCUT2D eigenvalue weighted by atomic mass is 79.9. The van der Waals surface area contributed by atoms with Crippen molar-refractivity contribution < 1.29 is 0 Å². The Kier molecular flexibility index (Phi) is 3.54. The van der Waals surface area contributed by atoms with E-state index in [4.69, 9.17) is 18.2 Å². The SMILES string of the molecule is [C-]#[N+]c1cc2c(Br)c(-c3ccccc3)c(=O)[nH]c2cc1Cl. The number of hydrogen-bond donors (Lipinski definition) is 1. The van der Waals surface area contributed by atoms with Gasteiger partial charge in [0.2, 0.25) is 5.69 Å². The van der Waals surface area contributed by atoms with Crippen molar-refractivity contribution in [2.45, 2.75) is 0 Å². The van der Waals surface area contributed by atoms with Crippen LogP contribution in [0.15, 0.2) is 51.7 Å². The Morgan fingerprint density at radius 3 is 2.57 bits per heavy atom. The third kappa shape index (κ3) is 2.35. The molecule has 2 aromatic carbocycles. The lowest BCUT2D eigenvalue weighted by molar-refractivity contribution is 1.30. The minimum atomic E-state index is -0.202. The molecule has 0 aliphatic heterocycles. The Labute approximate surface area is 134 Å². The molecule has 0 spiro atoms. The van der Waals surface area contributed by atoms with E-state index in [1.807, 2.05) is 30.3 Å².